The van der Waals surface area contributed by atoms with E-state index in [4.69, 9.17) is 0 Å². The van der Waals surface area contributed by atoms with E-state index in [9.17, 15) is 9.18 Å². The lowest BCUT2D eigenvalue weighted by Gasteiger charge is -2.07. The number of Topliss-reactive ketones (excluding diaryl/α,β-unsaturated/α-hetero) is 1. The molecule has 2 nitrogen and oxygen atoms in total. The molecule has 88 valence electrons. The molecule has 0 aliphatic heterocycles. The number of carbonyl (C=O) groups is 1. The minimum atomic E-state index is -0.284. The van der Waals surface area contributed by atoms with Gasteiger partial charge in [0.15, 0.2) is 5.78 Å². The predicted octanol–water partition coefficient (Wildman–Crippen LogP) is 3.64. The molecule has 0 radical (unpaired) electrons. The first-order chi connectivity index (χ1) is 8.08. The molecule has 0 spiro atoms. The third-order valence-corrected chi connectivity index (χ3v) is 3.13. The van der Waals surface area contributed by atoms with Gasteiger partial charge in [-0.3, -0.25) is 4.79 Å². The lowest BCUT2D eigenvalue weighted by Crippen LogP contribution is -2.06. The summed E-state index contributed by atoms with van der Waals surface area (Å²) in [6.45, 7) is 2.09. The highest BCUT2D eigenvalue weighted by molar-refractivity contribution is 9.10. The van der Waals surface area contributed by atoms with Crippen molar-refractivity contribution in [2.45, 2.75) is 13.5 Å². The number of nitrogens with zero attached hydrogens (tertiary/aromatic N) is 1. The Morgan fingerprint density at radius 2 is 2.18 bits per heavy atom. The highest BCUT2D eigenvalue weighted by Crippen LogP contribution is 2.18. The van der Waals surface area contributed by atoms with Crippen LogP contribution in [0.25, 0.3) is 0 Å². The molecule has 1 aromatic carbocycles. The molecule has 1 aromatic heterocycles. The predicted molar refractivity (Wildman–Crippen MR) is 67.6 cm³/mol. The quantitative estimate of drug-likeness (QED) is 0.793. The van der Waals surface area contributed by atoms with Crippen molar-refractivity contribution >= 4 is 21.7 Å². The van der Waals surface area contributed by atoms with Gasteiger partial charge in [-0.1, -0.05) is 6.07 Å². The smallest absolute Gasteiger partial charge is 0.176 e. The van der Waals surface area contributed by atoms with Crippen LogP contribution in [-0.2, 0) is 6.54 Å². The summed E-state index contributed by atoms with van der Waals surface area (Å²) >= 11 is 3.15. The maximum absolute atomic E-state index is 13.1. The molecule has 2 rings (SSSR count). The summed E-state index contributed by atoms with van der Waals surface area (Å²) in [6.07, 6.45) is 1.84. The van der Waals surface area contributed by atoms with Crippen LogP contribution in [0.15, 0.2) is 41.0 Å². The fourth-order valence-corrected chi connectivity index (χ4v) is 2.13. The van der Waals surface area contributed by atoms with E-state index >= 15 is 0 Å². The largest absolute Gasteiger partial charge is 0.341 e. The topological polar surface area (TPSA) is 22.0 Å². The molecule has 0 saturated carbocycles. The molecule has 4 heteroatoms. The van der Waals surface area contributed by atoms with E-state index in [1.165, 1.54) is 13.0 Å². The van der Waals surface area contributed by atoms with E-state index in [-0.39, 0.29) is 11.6 Å². The molecule has 0 amide bonds. The number of carbonyl (C=O) groups excluding carboxylic acids is 1. The van der Waals surface area contributed by atoms with Gasteiger partial charge < -0.3 is 4.57 Å². The third kappa shape index (κ3) is 2.64. The number of ketones is 1. The molecule has 0 saturated heterocycles. The second-order valence-corrected chi connectivity index (χ2v) is 4.68. The van der Waals surface area contributed by atoms with Crippen LogP contribution in [0.5, 0.6) is 0 Å². The first-order valence-electron chi connectivity index (χ1n) is 5.18. The van der Waals surface area contributed by atoms with E-state index in [0.29, 0.717) is 16.7 Å². The minimum Gasteiger partial charge on any atom is -0.341 e. The lowest BCUT2D eigenvalue weighted by atomic mass is 10.2. The van der Waals surface area contributed by atoms with Crippen LogP contribution < -0.4 is 0 Å². The summed E-state index contributed by atoms with van der Waals surface area (Å²) in [5, 5.41) is 0. The number of hydrogen-bond acceptors (Lipinski definition) is 1. The van der Waals surface area contributed by atoms with E-state index in [1.807, 2.05) is 16.8 Å². The van der Waals surface area contributed by atoms with Gasteiger partial charge in [-0.05, 0) is 45.8 Å². The molecule has 2 aromatic rings. The fourth-order valence-electron chi connectivity index (χ4n) is 1.71. The molecular formula is C13H11BrFNO. The van der Waals surface area contributed by atoms with E-state index < -0.39 is 0 Å². The zero-order chi connectivity index (χ0) is 12.4. The fraction of sp³-hybridized carbons (Fsp3) is 0.154. The lowest BCUT2D eigenvalue weighted by molar-refractivity contribution is 0.100. The highest BCUT2D eigenvalue weighted by Gasteiger charge is 2.07. The van der Waals surface area contributed by atoms with Crippen molar-refractivity contribution in [3.05, 3.63) is 58.1 Å². The van der Waals surface area contributed by atoms with Crippen molar-refractivity contribution in [3.63, 3.8) is 0 Å². The van der Waals surface area contributed by atoms with Crippen molar-refractivity contribution < 1.29 is 9.18 Å². The Bertz CT molecular complexity index is 562. The standard InChI is InChI=1S/C13H11BrFNO/c1-9(17)13-3-2-6-16(13)8-10-4-5-12(15)11(14)7-10/h2-7H,8H2,1H3. The molecule has 0 bridgehead atoms. The number of rotatable bonds is 3. The van der Waals surface area contributed by atoms with Crippen molar-refractivity contribution in [2.75, 3.05) is 0 Å². The summed E-state index contributed by atoms with van der Waals surface area (Å²) in [4.78, 5) is 11.3. The van der Waals surface area contributed by atoms with Gasteiger partial charge in [-0.2, -0.15) is 0 Å². The molecule has 17 heavy (non-hydrogen) atoms. The number of benzene rings is 1. The molecule has 0 aliphatic carbocycles. The van der Waals surface area contributed by atoms with Crippen LogP contribution in [0, 0.1) is 5.82 Å². The van der Waals surface area contributed by atoms with Crippen molar-refractivity contribution in [1.29, 1.82) is 0 Å². The highest BCUT2D eigenvalue weighted by atomic mass is 79.9. The van der Waals surface area contributed by atoms with Crippen LogP contribution in [-0.4, -0.2) is 10.4 Å². The summed E-state index contributed by atoms with van der Waals surface area (Å²) < 4.78 is 15.4. The van der Waals surface area contributed by atoms with Gasteiger partial charge in [0.25, 0.3) is 0 Å². The Labute approximate surface area is 107 Å². The van der Waals surface area contributed by atoms with Gasteiger partial charge in [-0.15, -0.1) is 0 Å². The van der Waals surface area contributed by atoms with Crippen molar-refractivity contribution in [1.82, 2.24) is 4.57 Å². The maximum Gasteiger partial charge on any atom is 0.176 e. The monoisotopic (exact) mass is 295 g/mol. The maximum atomic E-state index is 13.1. The normalized spacial score (nSPS) is 10.5. The Kier molecular flexibility index (Phi) is 3.43. The van der Waals surface area contributed by atoms with Crippen LogP contribution in [0.3, 0.4) is 0 Å². The number of halogens is 2. The van der Waals surface area contributed by atoms with Crippen molar-refractivity contribution in [3.8, 4) is 0 Å². The molecule has 0 N–H and O–H groups in total. The van der Waals surface area contributed by atoms with Gasteiger partial charge in [0, 0.05) is 19.7 Å². The van der Waals surface area contributed by atoms with Gasteiger partial charge in [-0.25, -0.2) is 4.39 Å². The molecule has 1 heterocycles. The van der Waals surface area contributed by atoms with E-state index in [0.717, 1.165) is 5.56 Å². The second kappa shape index (κ2) is 4.84. The summed E-state index contributed by atoms with van der Waals surface area (Å²) in [5.74, 6) is -0.260. The average molecular weight is 296 g/mol. The van der Waals surface area contributed by atoms with Crippen LogP contribution in [0.4, 0.5) is 4.39 Å². The van der Waals surface area contributed by atoms with Crippen LogP contribution in [0.1, 0.15) is 23.0 Å². The van der Waals surface area contributed by atoms with Gasteiger partial charge in [0.2, 0.25) is 0 Å². The third-order valence-electron chi connectivity index (χ3n) is 2.53. The van der Waals surface area contributed by atoms with E-state index in [2.05, 4.69) is 15.9 Å². The number of aromatic nitrogens is 1. The molecule has 0 atom stereocenters. The first kappa shape index (κ1) is 12.0. The first-order valence-corrected chi connectivity index (χ1v) is 5.97. The van der Waals surface area contributed by atoms with Crippen LogP contribution in [0.2, 0.25) is 0 Å². The van der Waals surface area contributed by atoms with E-state index in [1.54, 1.807) is 18.2 Å². The zero-order valence-electron chi connectivity index (χ0n) is 9.28. The van der Waals surface area contributed by atoms with Gasteiger partial charge in [0.1, 0.15) is 5.82 Å². The van der Waals surface area contributed by atoms with Gasteiger partial charge in [0.05, 0.1) is 10.2 Å². The summed E-state index contributed by atoms with van der Waals surface area (Å²) in [6, 6.07) is 8.45. The Morgan fingerprint density at radius 1 is 1.41 bits per heavy atom. The zero-order valence-corrected chi connectivity index (χ0v) is 10.9. The Balaban J connectivity index is 2.28. The molecular weight excluding hydrogens is 285 g/mol. The second-order valence-electron chi connectivity index (χ2n) is 3.83. The molecule has 0 unspecified atom stereocenters. The Hall–Kier alpha value is -1.42. The molecule has 0 fully saturated rings. The average Bonchev–Trinajstić information content (AvgIpc) is 2.72. The summed E-state index contributed by atoms with van der Waals surface area (Å²) in [5.41, 5.74) is 1.60. The van der Waals surface area contributed by atoms with Crippen molar-refractivity contribution in [2.24, 2.45) is 0 Å². The van der Waals surface area contributed by atoms with Crippen LogP contribution >= 0.6 is 15.9 Å². The Morgan fingerprint density at radius 3 is 2.82 bits per heavy atom. The SMILES string of the molecule is CC(=O)c1cccn1Cc1ccc(F)c(Br)c1. The minimum absolute atomic E-state index is 0.0242. The number of hydrogen-bond donors (Lipinski definition) is 0. The summed E-state index contributed by atoms with van der Waals surface area (Å²) in [7, 11) is 0. The van der Waals surface area contributed by atoms with Gasteiger partial charge >= 0.3 is 0 Å². The molecule has 0 aliphatic rings.